The van der Waals surface area contributed by atoms with E-state index in [-0.39, 0.29) is 17.0 Å². The van der Waals surface area contributed by atoms with Crippen LogP contribution >= 0.6 is 0 Å². The van der Waals surface area contributed by atoms with Crippen molar-refractivity contribution < 1.29 is 21.5 Å². The molecule has 0 amide bonds. The van der Waals surface area contributed by atoms with Crippen molar-refractivity contribution in [2.24, 2.45) is 0 Å². The maximum atomic E-state index is 2.33. The van der Waals surface area contributed by atoms with Crippen LogP contribution in [0.3, 0.4) is 0 Å². The van der Waals surface area contributed by atoms with E-state index in [0.717, 1.165) is 4.48 Å². The second-order valence-corrected chi connectivity index (χ2v) is 5.41. The lowest BCUT2D eigenvalue weighted by Gasteiger charge is -2.17. The van der Waals surface area contributed by atoms with Crippen LogP contribution in [-0.2, 0) is 0 Å². The van der Waals surface area contributed by atoms with Gasteiger partial charge in [0.1, 0.15) is 0 Å². The van der Waals surface area contributed by atoms with Crippen LogP contribution in [0.4, 0.5) is 0 Å². The Morgan fingerprint density at radius 1 is 0.812 bits per heavy atom. The molecule has 0 spiro atoms. The average Bonchev–Trinajstić information content (AvgIpc) is 2.14. The molecule has 0 heterocycles. The standard InChI is InChI=1S/C14H30N.BrH/c1-5-6-7-8-9-10-11-12-13-14-15(2,3)4;/h13-14H,5-12H2,1-4H3;1H/q+1;/p-1. The molecule has 0 saturated carbocycles. The Bertz CT molecular complexity index is 159. The molecule has 0 fully saturated rings. The van der Waals surface area contributed by atoms with Crippen molar-refractivity contribution >= 4 is 0 Å². The fourth-order valence-corrected chi connectivity index (χ4v) is 1.61. The molecule has 0 radical (unpaired) electrons. The van der Waals surface area contributed by atoms with Gasteiger partial charge in [-0.1, -0.05) is 45.4 Å². The number of unbranched alkanes of at least 4 members (excludes halogenated alkanes) is 7. The summed E-state index contributed by atoms with van der Waals surface area (Å²) in [5, 5.41) is 0. The average molecular weight is 292 g/mol. The summed E-state index contributed by atoms with van der Waals surface area (Å²) in [6, 6.07) is 0. The van der Waals surface area contributed by atoms with E-state index in [0.29, 0.717) is 0 Å². The number of halogens is 1. The molecule has 0 aromatic rings. The van der Waals surface area contributed by atoms with E-state index in [1.807, 2.05) is 0 Å². The Morgan fingerprint density at radius 3 is 1.81 bits per heavy atom. The summed E-state index contributed by atoms with van der Waals surface area (Å²) in [7, 11) is 6.59. The molecule has 1 nitrogen and oxygen atoms in total. The lowest BCUT2D eigenvalue weighted by Crippen LogP contribution is -3.00. The molecule has 0 saturated heterocycles. The fourth-order valence-electron chi connectivity index (χ4n) is 1.61. The van der Waals surface area contributed by atoms with Crippen molar-refractivity contribution in [3.05, 3.63) is 12.3 Å². The van der Waals surface area contributed by atoms with E-state index in [2.05, 4.69) is 40.3 Å². The third-order valence-corrected chi connectivity index (χ3v) is 2.53. The second-order valence-electron chi connectivity index (χ2n) is 5.41. The molecule has 0 aliphatic carbocycles. The third-order valence-electron chi connectivity index (χ3n) is 2.53. The van der Waals surface area contributed by atoms with Gasteiger partial charge in [-0.25, -0.2) is 0 Å². The highest BCUT2D eigenvalue weighted by atomic mass is 79.9. The van der Waals surface area contributed by atoms with Gasteiger partial charge in [0.15, 0.2) is 0 Å². The van der Waals surface area contributed by atoms with Crippen LogP contribution in [0.2, 0.25) is 0 Å². The highest BCUT2D eigenvalue weighted by Crippen LogP contribution is 2.08. The molecule has 2 heteroatoms. The maximum Gasteiger partial charge on any atom is 0.0911 e. The molecule has 0 unspecified atom stereocenters. The zero-order valence-electron chi connectivity index (χ0n) is 11.6. The zero-order valence-corrected chi connectivity index (χ0v) is 13.2. The van der Waals surface area contributed by atoms with E-state index >= 15 is 0 Å². The summed E-state index contributed by atoms with van der Waals surface area (Å²) in [4.78, 5) is 0. The predicted octanol–water partition coefficient (Wildman–Crippen LogP) is 1.35. The van der Waals surface area contributed by atoms with Crippen molar-refractivity contribution in [2.75, 3.05) is 21.1 Å². The van der Waals surface area contributed by atoms with Gasteiger partial charge in [0.05, 0.1) is 27.3 Å². The Morgan fingerprint density at radius 2 is 1.31 bits per heavy atom. The number of nitrogens with zero attached hydrogens (tertiary/aromatic N) is 1. The first-order valence-corrected chi connectivity index (χ1v) is 6.55. The summed E-state index contributed by atoms with van der Waals surface area (Å²) in [6.07, 6.45) is 15.7. The quantitative estimate of drug-likeness (QED) is 0.444. The zero-order chi connectivity index (χ0) is 11.6. The van der Waals surface area contributed by atoms with Crippen LogP contribution in [0.5, 0.6) is 0 Å². The monoisotopic (exact) mass is 291 g/mol. The third kappa shape index (κ3) is 16.6. The number of hydrogen-bond acceptors (Lipinski definition) is 0. The van der Waals surface area contributed by atoms with Gasteiger partial charge >= 0.3 is 0 Å². The van der Waals surface area contributed by atoms with E-state index in [9.17, 15) is 0 Å². The molecule has 98 valence electrons. The molecule has 0 bridgehead atoms. The van der Waals surface area contributed by atoms with Crippen molar-refractivity contribution in [3.8, 4) is 0 Å². The Hall–Kier alpha value is 0.180. The van der Waals surface area contributed by atoms with Gasteiger partial charge in [0.25, 0.3) is 0 Å². The van der Waals surface area contributed by atoms with Gasteiger partial charge in [-0.2, -0.15) is 0 Å². The molecule has 0 rings (SSSR count). The maximum absolute atomic E-state index is 2.33. The first kappa shape index (κ1) is 18.5. The summed E-state index contributed by atoms with van der Waals surface area (Å²) in [6.45, 7) is 2.27. The van der Waals surface area contributed by atoms with Crippen LogP contribution in [0.1, 0.15) is 58.3 Å². The Labute approximate surface area is 113 Å². The van der Waals surface area contributed by atoms with E-state index in [1.165, 1.54) is 51.4 Å². The van der Waals surface area contributed by atoms with Gasteiger partial charge in [0.2, 0.25) is 0 Å². The van der Waals surface area contributed by atoms with Gasteiger partial charge in [-0.3, -0.25) is 0 Å². The minimum Gasteiger partial charge on any atom is -1.00 e. The van der Waals surface area contributed by atoms with Crippen LogP contribution in [-0.4, -0.2) is 25.6 Å². The van der Waals surface area contributed by atoms with Crippen LogP contribution in [0.25, 0.3) is 0 Å². The molecule has 0 aliphatic rings. The van der Waals surface area contributed by atoms with Gasteiger partial charge in [-0.15, -0.1) is 0 Å². The molecule has 0 N–H and O–H groups in total. The van der Waals surface area contributed by atoms with Crippen molar-refractivity contribution in [1.82, 2.24) is 0 Å². The van der Waals surface area contributed by atoms with E-state index in [1.54, 1.807) is 0 Å². The molecule has 0 aromatic carbocycles. The fraction of sp³-hybridized carbons (Fsp3) is 0.857. The first-order chi connectivity index (χ1) is 7.06. The van der Waals surface area contributed by atoms with Crippen LogP contribution < -0.4 is 17.0 Å². The first-order valence-electron chi connectivity index (χ1n) is 6.55. The smallest absolute Gasteiger partial charge is 0.0911 e. The lowest BCUT2D eigenvalue weighted by atomic mass is 10.1. The molecule has 0 aliphatic heterocycles. The number of hydrogen-bond donors (Lipinski definition) is 0. The minimum absolute atomic E-state index is 0. The highest BCUT2D eigenvalue weighted by Gasteiger charge is 1.98. The SMILES string of the molecule is CCCCCCCCCC=C[N+](C)(C)C.[Br-]. The summed E-state index contributed by atoms with van der Waals surface area (Å²) < 4.78 is 0.941. The normalized spacial score (nSPS) is 11.8. The van der Waals surface area contributed by atoms with E-state index < -0.39 is 0 Å². The second kappa shape index (κ2) is 11.7. The number of rotatable bonds is 9. The summed E-state index contributed by atoms with van der Waals surface area (Å²) >= 11 is 0. The minimum atomic E-state index is 0. The van der Waals surface area contributed by atoms with Gasteiger partial charge in [0, 0.05) is 0 Å². The molecular weight excluding hydrogens is 262 g/mol. The molecule has 16 heavy (non-hydrogen) atoms. The van der Waals surface area contributed by atoms with Gasteiger partial charge in [-0.05, 0) is 18.9 Å². The van der Waals surface area contributed by atoms with Gasteiger partial charge < -0.3 is 21.5 Å². The topological polar surface area (TPSA) is 0 Å². The van der Waals surface area contributed by atoms with E-state index in [4.69, 9.17) is 0 Å². The molecule has 0 atom stereocenters. The molecular formula is C14H30BrN. The van der Waals surface area contributed by atoms with Crippen LogP contribution in [0.15, 0.2) is 12.3 Å². The lowest BCUT2D eigenvalue weighted by molar-refractivity contribution is -0.817. The molecule has 0 aromatic heterocycles. The Kier molecular flexibility index (Phi) is 13.5. The van der Waals surface area contributed by atoms with Crippen molar-refractivity contribution in [2.45, 2.75) is 58.3 Å². The predicted molar refractivity (Wildman–Crippen MR) is 69.8 cm³/mol. The van der Waals surface area contributed by atoms with Crippen molar-refractivity contribution in [3.63, 3.8) is 0 Å². The number of quaternary nitrogens is 1. The summed E-state index contributed by atoms with van der Waals surface area (Å²) in [5.74, 6) is 0. The number of allylic oxidation sites excluding steroid dienone is 1. The van der Waals surface area contributed by atoms with Crippen LogP contribution in [0, 0.1) is 0 Å². The highest BCUT2D eigenvalue weighted by molar-refractivity contribution is 4.72. The summed E-state index contributed by atoms with van der Waals surface area (Å²) in [5.41, 5.74) is 0. The Balaban J connectivity index is 0. The van der Waals surface area contributed by atoms with Crippen molar-refractivity contribution in [1.29, 1.82) is 0 Å². The largest absolute Gasteiger partial charge is 1.00 e.